The summed E-state index contributed by atoms with van der Waals surface area (Å²) in [4.78, 5) is 27.2. The number of imide groups is 1. The molecule has 0 spiro atoms. The molecule has 0 unspecified atom stereocenters. The molecular weight excluding hydrogens is 342 g/mol. The van der Waals surface area contributed by atoms with E-state index in [1.807, 2.05) is 49.6 Å². The average Bonchev–Trinajstić information content (AvgIpc) is 3.06. The van der Waals surface area contributed by atoms with Crippen LogP contribution >= 0.6 is 23.1 Å². The standard InChI is InChI=1S/C18H17NO3S2/c1-12-4-3-5-14(10-12)22-8-7-19-17(20)16(24-18(19)21)11-15-13(2)6-9-23-15/h3-6,9-11H,7-8H2,1-2H3/b16-11-. The van der Waals surface area contributed by atoms with Crippen molar-refractivity contribution >= 4 is 40.3 Å². The quantitative estimate of drug-likeness (QED) is 0.739. The van der Waals surface area contributed by atoms with Crippen LogP contribution in [0.4, 0.5) is 4.79 Å². The molecule has 1 aliphatic heterocycles. The van der Waals surface area contributed by atoms with E-state index in [9.17, 15) is 9.59 Å². The number of aryl methyl sites for hydroxylation is 2. The largest absolute Gasteiger partial charge is 0.492 e. The van der Waals surface area contributed by atoms with Crippen molar-refractivity contribution in [2.75, 3.05) is 13.2 Å². The Labute approximate surface area is 149 Å². The maximum absolute atomic E-state index is 12.4. The topological polar surface area (TPSA) is 46.6 Å². The number of ether oxygens (including phenoxy) is 1. The van der Waals surface area contributed by atoms with Crippen LogP contribution in [0, 0.1) is 13.8 Å². The normalized spacial score (nSPS) is 16.2. The van der Waals surface area contributed by atoms with Crippen molar-refractivity contribution in [1.29, 1.82) is 0 Å². The molecule has 1 fully saturated rings. The first-order valence-corrected chi connectivity index (χ1v) is 9.23. The zero-order valence-electron chi connectivity index (χ0n) is 13.4. The van der Waals surface area contributed by atoms with Gasteiger partial charge in [-0.1, -0.05) is 12.1 Å². The van der Waals surface area contributed by atoms with Gasteiger partial charge in [0.25, 0.3) is 11.1 Å². The fraction of sp³-hybridized carbons (Fsp3) is 0.222. The van der Waals surface area contributed by atoms with Crippen LogP contribution in [0.5, 0.6) is 5.75 Å². The van der Waals surface area contributed by atoms with Crippen molar-refractivity contribution in [1.82, 2.24) is 4.90 Å². The summed E-state index contributed by atoms with van der Waals surface area (Å²) in [5.74, 6) is 0.498. The van der Waals surface area contributed by atoms with E-state index in [1.165, 1.54) is 4.90 Å². The molecular formula is C18H17NO3S2. The molecule has 1 aromatic heterocycles. The fourth-order valence-corrected chi connectivity index (χ4v) is 4.08. The summed E-state index contributed by atoms with van der Waals surface area (Å²) in [5.41, 5.74) is 2.21. The van der Waals surface area contributed by atoms with Gasteiger partial charge in [0.1, 0.15) is 12.4 Å². The molecule has 2 amide bonds. The first-order valence-electron chi connectivity index (χ1n) is 7.53. The molecule has 0 aliphatic carbocycles. The van der Waals surface area contributed by atoms with Gasteiger partial charge in [-0.05, 0) is 66.4 Å². The van der Waals surface area contributed by atoms with Crippen molar-refractivity contribution in [3.63, 3.8) is 0 Å². The lowest BCUT2D eigenvalue weighted by Gasteiger charge is -2.13. The van der Waals surface area contributed by atoms with Gasteiger partial charge in [0.2, 0.25) is 0 Å². The molecule has 3 rings (SSSR count). The number of thiophene rings is 1. The number of nitrogens with zero attached hydrogens (tertiary/aromatic N) is 1. The SMILES string of the molecule is Cc1cccc(OCCN2C(=O)S/C(=C\c3sccc3C)C2=O)c1. The lowest BCUT2D eigenvalue weighted by atomic mass is 10.2. The molecule has 1 saturated heterocycles. The number of benzene rings is 1. The number of carbonyl (C=O) groups is 2. The van der Waals surface area contributed by atoms with Gasteiger partial charge in [-0.25, -0.2) is 0 Å². The number of hydrogen-bond acceptors (Lipinski definition) is 5. The predicted molar refractivity (Wildman–Crippen MR) is 98.4 cm³/mol. The van der Waals surface area contributed by atoms with E-state index in [1.54, 1.807) is 17.4 Å². The predicted octanol–water partition coefficient (Wildman–Crippen LogP) is 4.48. The maximum atomic E-state index is 12.4. The Hall–Kier alpha value is -2.05. The van der Waals surface area contributed by atoms with E-state index in [0.717, 1.165) is 33.5 Å². The number of amides is 2. The molecule has 0 atom stereocenters. The second-order valence-corrected chi connectivity index (χ2v) is 7.41. The highest BCUT2D eigenvalue weighted by molar-refractivity contribution is 8.18. The second-order valence-electron chi connectivity index (χ2n) is 5.47. The van der Waals surface area contributed by atoms with Crippen LogP contribution in [-0.2, 0) is 4.79 Å². The highest BCUT2D eigenvalue weighted by atomic mass is 32.2. The molecule has 6 heteroatoms. The minimum absolute atomic E-state index is 0.242. The molecule has 4 nitrogen and oxygen atoms in total. The monoisotopic (exact) mass is 359 g/mol. The molecule has 0 bridgehead atoms. The molecule has 0 N–H and O–H groups in total. The Kier molecular flexibility index (Phi) is 5.06. The lowest BCUT2D eigenvalue weighted by Crippen LogP contribution is -2.32. The first-order chi connectivity index (χ1) is 11.5. The smallest absolute Gasteiger partial charge is 0.293 e. The van der Waals surface area contributed by atoms with Crippen LogP contribution in [0.1, 0.15) is 16.0 Å². The Morgan fingerprint density at radius 3 is 2.75 bits per heavy atom. The van der Waals surface area contributed by atoms with Gasteiger partial charge in [0, 0.05) is 4.88 Å². The van der Waals surface area contributed by atoms with E-state index in [2.05, 4.69) is 0 Å². The van der Waals surface area contributed by atoms with Gasteiger partial charge in [0.05, 0.1) is 11.4 Å². The Morgan fingerprint density at radius 2 is 2.04 bits per heavy atom. The minimum Gasteiger partial charge on any atom is -0.492 e. The summed E-state index contributed by atoms with van der Waals surface area (Å²) in [6, 6.07) is 9.68. The molecule has 0 saturated carbocycles. The summed E-state index contributed by atoms with van der Waals surface area (Å²) >= 11 is 2.55. The van der Waals surface area contributed by atoms with Crippen LogP contribution in [-0.4, -0.2) is 29.2 Å². The summed E-state index contributed by atoms with van der Waals surface area (Å²) in [5, 5.41) is 1.73. The summed E-state index contributed by atoms with van der Waals surface area (Å²) < 4.78 is 5.63. The van der Waals surface area contributed by atoms with Gasteiger partial charge in [-0.3, -0.25) is 14.5 Å². The zero-order valence-corrected chi connectivity index (χ0v) is 15.1. The maximum Gasteiger partial charge on any atom is 0.293 e. The number of hydrogen-bond donors (Lipinski definition) is 0. The molecule has 0 radical (unpaired) electrons. The van der Waals surface area contributed by atoms with Crippen LogP contribution in [0.25, 0.3) is 6.08 Å². The third-order valence-electron chi connectivity index (χ3n) is 3.61. The fourth-order valence-electron chi connectivity index (χ4n) is 2.30. The third-order valence-corrected chi connectivity index (χ3v) is 5.48. The van der Waals surface area contributed by atoms with Crippen molar-refractivity contribution in [3.05, 3.63) is 56.6 Å². The van der Waals surface area contributed by atoms with E-state index < -0.39 is 0 Å². The molecule has 124 valence electrons. The third kappa shape index (κ3) is 3.71. The van der Waals surface area contributed by atoms with Crippen molar-refractivity contribution in [3.8, 4) is 5.75 Å². The van der Waals surface area contributed by atoms with Gasteiger partial charge >= 0.3 is 0 Å². The highest BCUT2D eigenvalue weighted by Crippen LogP contribution is 2.33. The van der Waals surface area contributed by atoms with E-state index in [4.69, 9.17) is 4.74 Å². The van der Waals surface area contributed by atoms with E-state index >= 15 is 0 Å². The molecule has 2 aromatic rings. The second kappa shape index (κ2) is 7.23. The van der Waals surface area contributed by atoms with Crippen LogP contribution in [0.2, 0.25) is 0 Å². The number of thioether (sulfide) groups is 1. The molecule has 1 aliphatic rings. The number of carbonyl (C=O) groups excluding carboxylic acids is 2. The minimum atomic E-state index is -0.245. The Morgan fingerprint density at radius 1 is 1.21 bits per heavy atom. The van der Waals surface area contributed by atoms with E-state index in [0.29, 0.717) is 4.91 Å². The highest BCUT2D eigenvalue weighted by Gasteiger charge is 2.34. The van der Waals surface area contributed by atoms with Gasteiger partial charge < -0.3 is 4.74 Å². The van der Waals surface area contributed by atoms with Crippen LogP contribution < -0.4 is 4.74 Å². The summed E-state index contributed by atoms with van der Waals surface area (Å²) in [6.45, 7) is 4.51. The van der Waals surface area contributed by atoms with Crippen LogP contribution in [0.3, 0.4) is 0 Å². The zero-order chi connectivity index (χ0) is 17.1. The summed E-state index contributed by atoms with van der Waals surface area (Å²) in [7, 11) is 0. The lowest BCUT2D eigenvalue weighted by molar-refractivity contribution is -0.123. The van der Waals surface area contributed by atoms with Crippen LogP contribution in [0.15, 0.2) is 40.6 Å². The van der Waals surface area contributed by atoms with Crippen molar-refractivity contribution in [2.45, 2.75) is 13.8 Å². The van der Waals surface area contributed by atoms with E-state index in [-0.39, 0.29) is 24.3 Å². The van der Waals surface area contributed by atoms with Crippen molar-refractivity contribution < 1.29 is 14.3 Å². The average molecular weight is 359 g/mol. The Bertz CT molecular complexity index is 810. The van der Waals surface area contributed by atoms with Crippen molar-refractivity contribution in [2.24, 2.45) is 0 Å². The number of rotatable bonds is 5. The Balaban J connectivity index is 1.62. The first kappa shape index (κ1) is 16.8. The summed E-state index contributed by atoms with van der Waals surface area (Å²) in [6.07, 6.45) is 1.80. The van der Waals surface area contributed by atoms with Gasteiger partial charge in [-0.15, -0.1) is 11.3 Å². The molecule has 2 heterocycles. The van der Waals surface area contributed by atoms with Gasteiger partial charge in [0.15, 0.2) is 0 Å². The van der Waals surface area contributed by atoms with Gasteiger partial charge in [-0.2, -0.15) is 0 Å². The molecule has 24 heavy (non-hydrogen) atoms. The molecule has 1 aromatic carbocycles.